The molecule has 0 spiro atoms. The van der Waals surface area contributed by atoms with Gasteiger partial charge in [0.25, 0.3) is 11.8 Å². The van der Waals surface area contributed by atoms with Gasteiger partial charge in [0.05, 0.1) is 37.8 Å². The molecule has 0 unspecified atom stereocenters. The number of carbonyl (C=O) groups excluding carboxylic acids is 2. The lowest BCUT2D eigenvalue weighted by molar-refractivity contribution is -0.120. The lowest BCUT2D eigenvalue weighted by Gasteiger charge is -2.19. The minimum atomic E-state index is -0.479. The summed E-state index contributed by atoms with van der Waals surface area (Å²) in [5, 5.41) is 5.02. The Balaban J connectivity index is 1.81. The highest BCUT2D eigenvalue weighted by Crippen LogP contribution is 2.41. The third kappa shape index (κ3) is 3.80. The molecule has 1 aliphatic rings. The van der Waals surface area contributed by atoms with Crippen LogP contribution in [0.4, 0.5) is 11.4 Å². The van der Waals surface area contributed by atoms with E-state index in [-0.39, 0.29) is 5.70 Å². The lowest BCUT2D eigenvalue weighted by atomic mass is 10.1. The Kier molecular flexibility index (Phi) is 6.13. The third-order valence-corrected chi connectivity index (χ3v) is 5.81. The molecule has 1 aromatic heterocycles. The van der Waals surface area contributed by atoms with E-state index in [0.717, 1.165) is 4.90 Å². The fourth-order valence-electron chi connectivity index (χ4n) is 3.47. The number of nitrogens with zero attached hydrogens (tertiary/aromatic N) is 1. The summed E-state index contributed by atoms with van der Waals surface area (Å²) in [6.07, 6.45) is 0. The van der Waals surface area contributed by atoms with Gasteiger partial charge < -0.3 is 19.5 Å². The number of ether oxygens (including phenoxy) is 3. The van der Waals surface area contributed by atoms with Crippen LogP contribution in [0.1, 0.15) is 11.8 Å². The van der Waals surface area contributed by atoms with Gasteiger partial charge in [-0.25, -0.2) is 4.90 Å². The van der Waals surface area contributed by atoms with Gasteiger partial charge in [-0.1, -0.05) is 18.2 Å². The molecule has 1 aliphatic heterocycles. The number of anilines is 2. The number of carbonyl (C=O) groups is 2. The molecular formula is C24H22N2O5S. The van der Waals surface area contributed by atoms with Crippen LogP contribution < -0.4 is 24.4 Å². The van der Waals surface area contributed by atoms with Crippen molar-refractivity contribution in [2.75, 3.05) is 31.0 Å². The van der Waals surface area contributed by atoms with E-state index in [9.17, 15) is 9.59 Å². The number of thiophene rings is 1. The number of imide groups is 1. The summed E-state index contributed by atoms with van der Waals surface area (Å²) in [6.45, 7) is 2.35. The zero-order chi connectivity index (χ0) is 22.7. The standard InChI is InChI=1S/C24H22N2O5S/c1-4-31-18-9-6-5-8-16(18)25-22-21(20-10-7-13-32-20)23(27)26(24(22)28)17-12-11-15(29-2)14-19(17)30-3/h5-14,25H,4H2,1-3H3. The van der Waals surface area contributed by atoms with Gasteiger partial charge >= 0.3 is 0 Å². The minimum absolute atomic E-state index is 0.183. The van der Waals surface area contributed by atoms with Gasteiger partial charge in [-0.15, -0.1) is 11.3 Å². The highest BCUT2D eigenvalue weighted by atomic mass is 32.1. The Morgan fingerprint density at radius 3 is 2.44 bits per heavy atom. The van der Waals surface area contributed by atoms with Crippen molar-refractivity contribution in [2.24, 2.45) is 0 Å². The van der Waals surface area contributed by atoms with Crippen molar-refractivity contribution in [1.29, 1.82) is 0 Å². The van der Waals surface area contributed by atoms with E-state index < -0.39 is 11.8 Å². The molecule has 2 aromatic carbocycles. The summed E-state index contributed by atoms with van der Waals surface area (Å²) in [5.74, 6) is 0.590. The maximum absolute atomic E-state index is 13.6. The molecule has 32 heavy (non-hydrogen) atoms. The van der Waals surface area contributed by atoms with E-state index in [4.69, 9.17) is 14.2 Å². The van der Waals surface area contributed by atoms with Crippen molar-refractivity contribution in [3.8, 4) is 17.2 Å². The van der Waals surface area contributed by atoms with Crippen LogP contribution in [-0.4, -0.2) is 32.6 Å². The summed E-state index contributed by atoms with van der Waals surface area (Å²) in [4.78, 5) is 28.9. The van der Waals surface area contributed by atoms with Crippen LogP contribution in [0.25, 0.3) is 5.57 Å². The van der Waals surface area contributed by atoms with Crippen LogP contribution in [0.3, 0.4) is 0 Å². The molecule has 164 valence electrons. The first kappa shape index (κ1) is 21.5. The summed E-state index contributed by atoms with van der Waals surface area (Å²) in [5.41, 5.74) is 1.42. The smallest absolute Gasteiger partial charge is 0.282 e. The molecule has 2 amide bonds. The number of nitrogens with one attached hydrogen (secondary N) is 1. The molecule has 4 rings (SSSR count). The molecule has 2 heterocycles. The average molecular weight is 451 g/mol. The van der Waals surface area contributed by atoms with Gasteiger partial charge in [0.2, 0.25) is 0 Å². The van der Waals surface area contributed by atoms with Crippen LogP contribution in [-0.2, 0) is 9.59 Å². The Morgan fingerprint density at radius 1 is 0.938 bits per heavy atom. The molecule has 0 saturated carbocycles. The Bertz CT molecular complexity index is 1190. The van der Waals surface area contributed by atoms with Crippen molar-refractivity contribution >= 4 is 40.1 Å². The molecule has 0 atom stereocenters. The fraction of sp³-hybridized carbons (Fsp3) is 0.167. The van der Waals surface area contributed by atoms with Crippen LogP contribution in [0.5, 0.6) is 17.2 Å². The van der Waals surface area contributed by atoms with Gasteiger partial charge in [-0.2, -0.15) is 0 Å². The van der Waals surface area contributed by atoms with Crippen LogP contribution >= 0.6 is 11.3 Å². The number of para-hydroxylation sites is 2. The number of methoxy groups -OCH3 is 2. The zero-order valence-electron chi connectivity index (χ0n) is 17.9. The van der Waals surface area contributed by atoms with Crippen LogP contribution in [0.15, 0.2) is 65.7 Å². The molecule has 7 nitrogen and oxygen atoms in total. The second kappa shape index (κ2) is 9.15. The maximum Gasteiger partial charge on any atom is 0.282 e. The van der Waals surface area contributed by atoms with Crippen molar-refractivity contribution in [2.45, 2.75) is 6.92 Å². The van der Waals surface area contributed by atoms with Crippen LogP contribution in [0.2, 0.25) is 0 Å². The fourth-order valence-corrected chi connectivity index (χ4v) is 4.24. The van der Waals surface area contributed by atoms with Crippen molar-refractivity contribution in [3.05, 3.63) is 70.6 Å². The molecule has 0 fully saturated rings. The van der Waals surface area contributed by atoms with Crippen molar-refractivity contribution < 1.29 is 23.8 Å². The molecule has 0 bridgehead atoms. The van der Waals surface area contributed by atoms with Gasteiger partial charge in [0.1, 0.15) is 22.9 Å². The Labute approximate surface area is 189 Å². The topological polar surface area (TPSA) is 77.1 Å². The highest BCUT2D eigenvalue weighted by molar-refractivity contribution is 7.11. The first-order valence-electron chi connectivity index (χ1n) is 9.96. The van der Waals surface area contributed by atoms with Crippen LogP contribution in [0, 0.1) is 0 Å². The predicted octanol–water partition coefficient (Wildman–Crippen LogP) is 4.56. The van der Waals surface area contributed by atoms with Gasteiger partial charge in [0, 0.05) is 10.9 Å². The van der Waals surface area contributed by atoms with E-state index in [1.165, 1.54) is 25.6 Å². The second-order valence-corrected chi connectivity index (χ2v) is 7.71. The zero-order valence-corrected chi connectivity index (χ0v) is 18.7. The maximum atomic E-state index is 13.6. The van der Waals surface area contributed by atoms with Crippen molar-refractivity contribution in [3.63, 3.8) is 0 Å². The lowest BCUT2D eigenvalue weighted by Crippen LogP contribution is -2.32. The quantitative estimate of drug-likeness (QED) is 0.507. The monoisotopic (exact) mass is 450 g/mol. The van der Waals surface area contributed by atoms with Gasteiger partial charge in [-0.05, 0) is 42.6 Å². The van der Waals surface area contributed by atoms with E-state index >= 15 is 0 Å². The first-order chi connectivity index (χ1) is 15.6. The van der Waals surface area contributed by atoms with E-state index in [1.807, 2.05) is 42.6 Å². The number of benzene rings is 2. The molecule has 0 radical (unpaired) electrons. The molecular weight excluding hydrogens is 428 g/mol. The average Bonchev–Trinajstić information content (AvgIpc) is 3.41. The molecule has 0 aliphatic carbocycles. The molecule has 3 aromatic rings. The SMILES string of the molecule is CCOc1ccccc1NC1=C(c2cccs2)C(=O)N(c2ccc(OC)cc2OC)C1=O. The summed E-state index contributed by atoms with van der Waals surface area (Å²) in [7, 11) is 3.02. The highest BCUT2D eigenvalue weighted by Gasteiger charge is 2.42. The summed E-state index contributed by atoms with van der Waals surface area (Å²) in [6, 6.07) is 15.9. The number of amides is 2. The molecule has 1 N–H and O–H groups in total. The summed E-state index contributed by atoms with van der Waals surface area (Å²) >= 11 is 1.39. The number of hydrogen-bond acceptors (Lipinski definition) is 7. The van der Waals surface area contributed by atoms with E-state index in [0.29, 0.717) is 45.7 Å². The van der Waals surface area contributed by atoms with E-state index in [2.05, 4.69) is 5.32 Å². The van der Waals surface area contributed by atoms with Gasteiger partial charge in [0.15, 0.2) is 0 Å². The molecule has 0 saturated heterocycles. The Morgan fingerprint density at radius 2 is 1.75 bits per heavy atom. The summed E-state index contributed by atoms with van der Waals surface area (Å²) < 4.78 is 16.4. The van der Waals surface area contributed by atoms with Crippen molar-refractivity contribution in [1.82, 2.24) is 0 Å². The number of hydrogen-bond donors (Lipinski definition) is 1. The molecule has 8 heteroatoms. The second-order valence-electron chi connectivity index (χ2n) is 6.76. The third-order valence-electron chi connectivity index (χ3n) is 4.93. The Hall–Kier alpha value is -3.78. The first-order valence-corrected chi connectivity index (χ1v) is 10.8. The van der Waals surface area contributed by atoms with Gasteiger partial charge in [-0.3, -0.25) is 9.59 Å². The normalized spacial score (nSPS) is 13.5. The minimum Gasteiger partial charge on any atom is -0.497 e. The number of rotatable bonds is 8. The largest absolute Gasteiger partial charge is 0.497 e. The predicted molar refractivity (Wildman–Crippen MR) is 125 cm³/mol. The van der Waals surface area contributed by atoms with E-state index in [1.54, 1.807) is 24.3 Å².